The molecule has 0 bridgehead atoms. The van der Waals surface area contributed by atoms with Crippen molar-refractivity contribution >= 4 is 0 Å². The van der Waals surface area contributed by atoms with Gasteiger partial charge in [-0.15, -0.1) is 0 Å². The SMILES string of the molecule is COCC(C1CCC1)C1CCCNCC1. The van der Waals surface area contributed by atoms with E-state index >= 15 is 0 Å². The maximum absolute atomic E-state index is 5.43. The molecule has 2 heteroatoms. The molecule has 0 radical (unpaired) electrons. The zero-order valence-corrected chi connectivity index (χ0v) is 10.0. The van der Waals surface area contributed by atoms with Crippen LogP contribution in [0, 0.1) is 17.8 Å². The Hall–Kier alpha value is -0.0800. The fourth-order valence-electron chi connectivity index (χ4n) is 3.19. The van der Waals surface area contributed by atoms with Crippen LogP contribution in [-0.2, 0) is 4.74 Å². The van der Waals surface area contributed by atoms with Crippen LogP contribution >= 0.6 is 0 Å². The van der Waals surface area contributed by atoms with E-state index in [2.05, 4.69) is 5.32 Å². The molecule has 2 fully saturated rings. The van der Waals surface area contributed by atoms with Gasteiger partial charge in [-0.05, 0) is 50.1 Å². The first-order valence-corrected chi connectivity index (χ1v) is 6.61. The number of ether oxygens (including phenoxy) is 1. The van der Waals surface area contributed by atoms with Gasteiger partial charge in [0.05, 0.1) is 0 Å². The number of hydrogen-bond acceptors (Lipinski definition) is 2. The van der Waals surface area contributed by atoms with Gasteiger partial charge in [0.1, 0.15) is 0 Å². The van der Waals surface area contributed by atoms with Crippen molar-refractivity contribution in [1.82, 2.24) is 5.32 Å². The van der Waals surface area contributed by atoms with Crippen molar-refractivity contribution in [3.05, 3.63) is 0 Å². The lowest BCUT2D eigenvalue weighted by Crippen LogP contribution is -2.32. The molecule has 1 N–H and O–H groups in total. The van der Waals surface area contributed by atoms with Crippen LogP contribution in [0.3, 0.4) is 0 Å². The fourth-order valence-corrected chi connectivity index (χ4v) is 3.19. The Kier molecular flexibility index (Phi) is 4.45. The molecule has 2 nitrogen and oxygen atoms in total. The highest BCUT2D eigenvalue weighted by Crippen LogP contribution is 2.40. The highest BCUT2D eigenvalue weighted by molar-refractivity contribution is 4.84. The van der Waals surface area contributed by atoms with Crippen molar-refractivity contribution < 1.29 is 4.74 Å². The summed E-state index contributed by atoms with van der Waals surface area (Å²) in [5.74, 6) is 2.75. The molecule has 2 atom stereocenters. The number of hydrogen-bond donors (Lipinski definition) is 1. The zero-order chi connectivity index (χ0) is 10.5. The average molecular weight is 211 g/mol. The minimum Gasteiger partial charge on any atom is -0.384 e. The predicted molar refractivity (Wildman–Crippen MR) is 62.9 cm³/mol. The summed E-state index contributed by atoms with van der Waals surface area (Å²) >= 11 is 0. The Morgan fingerprint density at radius 2 is 1.80 bits per heavy atom. The van der Waals surface area contributed by atoms with E-state index in [0.29, 0.717) is 0 Å². The number of rotatable bonds is 4. The van der Waals surface area contributed by atoms with Gasteiger partial charge >= 0.3 is 0 Å². The second-order valence-corrected chi connectivity index (χ2v) is 5.25. The first kappa shape index (κ1) is 11.4. The summed E-state index contributed by atoms with van der Waals surface area (Å²) in [6.45, 7) is 3.44. The first-order valence-electron chi connectivity index (χ1n) is 6.61. The molecule has 2 unspecified atom stereocenters. The third-order valence-electron chi connectivity index (χ3n) is 4.34. The molecule has 0 aromatic heterocycles. The van der Waals surface area contributed by atoms with Gasteiger partial charge in [-0.2, -0.15) is 0 Å². The standard InChI is InChI=1S/C13H25NO/c1-15-10-13(11-4-2-5-11)12-6-3-8-14-9-7-12/h11-14H,2-10H2,1H3. The first-order chi connectivity index (χ1) is 7.42. The van der Waals surface area contributed by atoms with Crippen LogP contribution in [0.4, 0.5) is 0 Å². The molecule has 1 aliphatic heterocycles. The van der Waals surface area contributed by atoms with Crippen molar-refractivity contribution in [2.24, 2.45) is 17.8 Å². The highest BCUT2D eigenvalue weighted by Gasteiger charge is 2.33. The fraction of sp³-hybridized carbons (Fsp3) is 1.00. The maximum Gasteiger partial charge on any atom is 0.0495 e. The topological polar surface area (TPSA) is 21.3 Å². The van der Waals surface area contributed by atoms with E-state index in [1.807, 2.05) is 7.11 Å². The van der Waals surface area contributed by atoms with Gasteiger partial charge in [-0.1, -0.05) is 19.3 Å². The van der Waals surface area contributed by atoms with Crippen molar-refractivity contribution in [3.63, 3.8) is 0 Å². The predicted octanol–water partition coefficient (Wildman–Crippen LogP) is 2.44. The van der Waals surface area contributed by atoms with Gasteiger partial charge in [-0.3, -0.25) is 0 Å². The van der Waals surface area contributed by atoms with E-state index in [1.165, 1.54) is 51.6 Å². The molecule has 0 spiro atoms. The largest absolute Gasteiger partial charge is 0.384 e. The Balaban J connectivity index is 1.88. The molecule has 1 saturated heterocycles. The summed E-state index contributed by atoms with van der Waals surface area (Å²) in [7, 11) is 1.86. The summed E-state index contributed by atoms with van der Waals surface area (Å²) < 4.78 is 5.43. The van der Waals surface area contributed by atoms with Crippen molar-refractivity contribution in [3.8, 4) is 0 Å². The van der Waals surface area contributed by atoms with E-state index in [-0.39, 0.29) is 0 Å². The number of methoxy groups -OCH3 is 1. The van der Waals surface area contributed by atoms with Crippen LogP contribution in [0.25, 0.3) is 0 Å². The van der Waals surface area contributed by atoms with E-state index in [4.69, 9.17) is 4.74 Å². The molecular weight excluding hydrogens is 186 g/mol. The molecule has 1 aliphatic carbocycles. The smallest absolute Gasteiger partial charge is 0.0495 e. The monoisotopic (exact) mass is 211 g/mol. The Bertz CT molecular complexity index is 171. The summed E-state index contributed by atoms with van der Waals surface area (Å²) in [6.07, 6.45) is 8.51. The molecule has 88 valence electrons. The molecule has 1 saturated carbocycles. The van der Waals surface area contributed by atoms with Gasteiger partial charge in [0.25, 0.3) is 0 Å². The minimum absolute atomic E-state index is 0.851. The highest BCUT2D eigenvalue weighted by atomic mass is 16.5. The van der Waals surface area contributed by atoms with Crippen LogP contribution in [0.5, 0.6) is 0 Å². The second-order valence-electron chi connectivity index (χ2n) is 5.25. The Morgan fingerprint density at radius 1 is 1.07 bits per heavy atom. The van der Waals surface area contributed by atoms with Gasteiger partial charge in [0, 0.05) is 13.7 Å². The minimum atomic E-state index is 0.851. The summed E-state index contributed by atoms with van der Waals surface area (Å²) in [6, 6.07) is 0. The lowest BCUT2D eigenvalue weighted by atomic mass is 9.69. The molecule has 2 aliphatic rings. The van der Waals surface area contributed by atoms with Gasteiger partial charge in [-0.25, -0.2) is 0 Å². The zero-order valence-electron chi connectivity index (χ0n) is 10.0. The van der Waals surface area contributed by atoms with E-state index < -0.39 is 0 Å². The number of nitrogens with one attached hydrogen (secondary N) is 1. The Morgan fingerprint density at radius 3 is 2.47 bits per heavy atom. The molecule has 15 heavy (non-hydrogen) atoms. The normalized spacial score (nSPS) is 30.6. The van der Waals surface area contributed by atoms with E-state index in [1.54, 1.807) is 0 Å². The van der Waals surface area contributed by atoms with Gasteiger partial charge in [0.15, 0.2) is 0 Å². The quantitative estimate of drug-likeness (QED) is 0.771. The van der Waals surface area contributed by atoms with E-state index in [0.717, 1.165) is 24.4 Å². The van der Waals surface area contributed by atoms with Crippen LogP contribution in [-0.4, -0.2) is 26.8 Å². The van der Waals surface area contributed by atoms with Gasteiger partial charge in [0.2, 0.25) is 0 Å². The summed E-state index contributed by atoms with van der Waals surface area (Å²) in [5, 5.41) is 3.51. The average Bonchev–Trinajstić information content (AvgIpc) is 2.42. The summed E-state index contributed by atoms with van der Waals surface area (Å²) in [4.78, 5) is 0. The molecule has 2 rings (SSSR count). The van der Waals surface area contributed by atoms with Crippen molar-refractivity contribution in [2.45, 2.75) is 38.5 Å². The molecular formula is C13H25NO. The van der Waals surface area contributed by atoms with Crippen molar-refractivity contribution in [2.75, 3.05) is 26.8 Å². The lowest BCUT2D eigenvalue weighted by Gasteiger charge is -2.38. The van der Waals surface area contributed by atoms with Crippen molar-refractivity contribution in [1.29, 1.82) is 0 Å². The molecule has 0 amide bonds. The lowest BCUT2D eigenvalue weighted by molar-refractivity contribution is 0.0457. The Labute approximate surface area is 93.8 Å². The molecule has 1 heterocycles. The van der Waals surface area contributed by atoms with Crippen LogP contribution < -0.4 is 5.32 Å². The van der Waals surface area contributed by atoms with Crippen LogP contribution in [0.2, 0.25) is 0 Å². The molecule has 0 aromatic rings. The maximum atomic E-state index is 5.43. The van der Waals surface area contributed by atoms with E-state index in [9.17, 15) is 0 Å². The molecule has 0 aromatic carbocycles. The van der Waals surface area contributed by atoms with Gasteiger partial charge < -0.3 is 10.1 Å². The third-order valence-corrected chi connectivity index (χ3v) is 4.34. The van der Waals surface area contributed by atoms with Crippen LogP contribution in [0.15, 0.2) is 0 Å². The third kappa shape index (κ3) is 2.94. The second kappa shape index (κ2) is 5.86. The van der Waals surface area contributed by atoms with Crippen LogP contribution in [0.1, 0.15) is 38.5 Å². The summed E-state index contributed by atoms with van der Waals surface area (Å²) in [5.41, 5.74) is 0.